The Hall–Kier alpha value is -1.60. The summed E-state index contributed by atoms with van der Waals surface area (Å²) in [5.41, 5.74) is 3.51. The van der Waals surface area contributed by atoms with Gasteiger partial charge >= 0.3 is 0 Å². The van der Waals surface area contributed by atoms with Gasteiger partial charge in [0.1, 0.15) is 0 Å². The molecule has 7 nitrogen and oxygen atoms in total. The van der Waals surface area contributed by atoms with Gasteiger partial charge in [-0.1, -0.05) is 0 Å². The van der Waals surface area contributed by atoms with Crippen LogP contribution in [-0.4, -0.2) is 78.9 Å². The molecule has 2 N–H and O–H groups in total. The molecule has 1 aliphatic rings. The van der Waals surface area contributed by atoms with Gasteiger partial charge in [-0.2, -0.15) is 5.10 Å². The monoisotopic (exact) mass is 321 g/mol. The number of aryl methyl sites for hydroxylation is 2. The Morgan fingerprint density at radius 2 is 1.96 bits per heavy atom. The van der Waals surface area contributed by atoms with Crippen molar-refractivity contribution in [2.24, 2.45) is 12.0 Å². The third-order valence-corrected chi connectivity index (χ3v) is 4.80. The summed E-state index contributed by atoms with van der Waals surface area (Å²) in [5.74, 6) is 0.842. The third-order valence-electron chi connectivity index (χ3n) is 4.80. The maximum atomic E-state index is 4.46. The lowest BCUT2D eigenvalue weighted by atomic mass is 10.2. The highest BCUT2D eigenvalue weighted by Crippen LogP contribution is 2.11. The zero-order valence-corrected chi connectivity index (χ0v) is 15.3. The van der Waals surface area contributed by atoms with Crippen LogP contribution in [0.5, 0.6) is 0 Å². The first-order chi connectivity index (χ1) is 10.9. The zero-order valence-electron chi connectivity index (χ0n) is 15.3. The highest BCUT2D eigenvalue weighted by atomic mass is 15.3. The van der Waals surface area contributed by atoms with Gasteiger partial charge in [0, 0.05) is 64.1 Å². The van der Waals surface area contributed by atoms with Gasteiger partial charge in [0.15, 0.2) is 5.96 Å². The fourth-order valence-electron chi connectivity index (χ4n) is 3.00. The van der Waals surface area contributed by atoms with E-state index in [2.05, 4.69) is 51.5 Å². The highest BCUT2D eigenvalue weighted by Gasteiger charge is 2.22. The van der Waals surface area contributed by atoms with Crippen molar-refractivity contribution in [3.05, 3.63) is 17.0 Å². The molecule has 2 heterocycles. The Bertz CT molecular complexity index is 549. The van der Waals surface area contributed by atoms with Crippen molar-refractivity contribution in [3.8, 4) is 0 Å². The number of hydrogen-bond donors (Lipinski definition) is 2. The molecule has 130 valence electrons. The van der Waals surface area contributed by atoms with Crippen molar-refractivity contribution >= 4 is 5.96 Å². The van der Waals surface area contributed by atoms with E-state index in [0.717, 1.165) is 44.4 Å². The van der Waals surface area contributed by atoms with E-state index in [0.29, 0.717) is 6.04 Å². The number of aliphatic imine (C=N–C) groups is 1. The normalized spacial score (nSPS) is 20.8. The predicted molar refractivity (Wildman–Crippen MR) is 94.8 cm³/mol. The third kappa shape index (κ3) is 4.45. The summed E-state index contributed by atoms with van der Waals surface area (Å²) in [6, 6.07) is 0.508. The van der Waals surface area contributed by atoms with Crippen LogP contribution >= 0.6 is 0 Å². The molecule has 0 aromatic carbocycles. The first-order valence-corrected chi connectivity index (χ1v) is 8.24. The number of nitrogens with zero attached hydrogens (tertiary/aromatic N) is 5. The van der Waals surface area contributed by atoms with E-state index in [9.17, 15) is 0 Å². The molecule has 0 spiro atoms. The Kier molecular flexibility index (Phi) is 6.01. The first-order valence-electron chi connectivity index (χ1n) is 8.24. The van der Waals surface area contributed by atoms with Crippen molar-refractivity contribution in [3.63, 3.8) is 0 Å². The molecule has 1 saturated heterocycles. The molecule has 0 bridgehead atoms. The van der Waals surface area contributed by atoms with Crippen LogP contribution in [0.25, 0.3) is 0 Å². The molecule has 1 atom stereocenters. The lowest BCUT2D eigenvalue weighted by Gasteiger charge is -2.37. The van der Waals surface area contributed by atoms with E-state index in [1.54, 1.807) is 0 Å². The molecule has 0 amide bonds. The maximum absolute atomic E-state index is 4.46. The van der Waals surface area contributed by atoms with E-state index in [4.69, 9.17) is 0 Å². The average Bonchev–Trinajstić information content (AvgIpc) is 2.76. The van der Waals surface area contributed by atoms with Gasteiger partial charge in [0.25, 0.3) is 0 Å². The molecule has 23 heavy (non-hydrogen) atoms. The minimum absolute atomic E-state index is 0.508. The second kappa shape index (κ2) is 7.79. The quantitative estimate of drug-likeness (QED) is 0.601. The van der Waals surface area contributed by atoms with Crippen molar-refractivity contribution in [1.82, 2.24) is 30.2 Å². The SMILES string of the molecule is CN=C(NCc1c(C)nn(C)c1C)NCC1CN(C)CCN1C. The second-order valence-corrected chi connectivity index (χ2v) is 6.48. The van der Waals surface area contributed by atoms with Gasteiger partial charge in [-0.15, -0.1) is 0 Å². The van der Waals surface area contributed by atoms with Gasteiger partial charge in [-0.3, -0.25) is 14.6 Å². The molecule has 1 aliphatic heterocycles. The molecule has 7 heteroatoms. The molecule has 0 saturated carbocycles. The van der Waals surface area contributed by atoms with Crippen LogP contribution in [0.1, 0.15) is 17.0 Å². The largest absolute Gasteiger partial charge is 0.355 e. The Balaban J connectivity index is 1.86. The highest BCUT2D eigenvalue weighted by molar-refractivity contribution is 5.79. The molecule has 0 radical (unpaired) electrons. The van der Waals surface area contributed by atoms with Crippen LogP contribution in [0.4, 0.5) is 0 Å². The van der Waals surface area contributed by atoms with Crippen molar-refractivity contribution in [2.45, 2.75) is 26.4 Å². The molecule has 1 aromatic heterocycles. The number of hydrogen-bond acceptors (Lipinski definition) is 4. The number of nitrogens with one attached hydrogen (secondary N) is 2. The minimum Gasteiger partial charge on any atom is -0.355 e. The molecular weight excluding hydrogens is 290 g/mol. The fraction of sp³-hybridized carbons (Fsp3) is 0.750. The topological polar surface area (TPSA) is 60.7 Å². The summed E-state index contributed by atoms with van der Waals surface area (Å²) < 4.78 is 1.93. The number of piperazine rings is 1. The van der Waals surface area contributed by atoms with Gasteiger partial charge in [-0.25, -0.2) is 0 Å². The van der Waals surface area contributed by atoms with E-state index in [1.165, 1.54) is 11.3 Å². The molecular formula is C16H31N7. The predicted octanol–water partition coefficient (Wildman–Crippen LogP) is -0.0523. The van der Waals surface area contributed by atoms with Crippen molar-refractivity contribution < 1.29 is 0 Å². The molecule has 1 fully saturated rings. The minimum atomic E-state index is 0.508. The zero-order chi connectivity index (χ0) is 17.0. The van der Waals surface area contributed by atoms with Crippen LogP contribution in [0.15, 0.2) is 4.99 Å². The summed E-state index contributed by atoms with van der Waals surface area (Å²) in [4.78, 5) is 9.13. The summed E-state index contributed by atoms with van der Waals surface area (Å²) in [7, 11) is 8.17. The maximum Gasteiger partial charge on any atom is 0.191 e. The van der Waals surface area contributed by atoms with Crippen LogP contribution in [0.2, 0.25) is 0 Å². The number of rotatable bonds is 4. The van der Waals surface area contributed by atoms with Crippen LogP contribution in [0, 0.1) is 13.8 Å². The molecule has 1 aromatic rings. The Morgan fingerprint density at radius 1 is 1.22 bits per heavy atom. The van der Waals surface area contributed by atoms with Gasteiger partial charge in [0.05, 0.1) is 5.69 Å². The molecule has 2 rings (SSSR count). The van der Waals surface area contributed by atoms with Crippen LogP contribution < -0.4 is 10.6 Å². The van der Waals surface area contributed by atoms with E-state index in [1.807, 2.05) is 25.7 Å². The Morgan fingerprint density at radius 3 is 2.57 bits per heavy atom. The summed E-state index contributed by atoms with van der Waals surface area (Å²) in [5, 5.41) is 11.3. The van der Waals surface area contributed by atoms with E-state index >= 15 is 0 Å². The summed E-state index contributed by atoms with van der Waals surface area (Å²) in [6.45, 7) is 9.12. The molecule has 0 aliphatic carbocycles. The van der Waals surface area contributed by atoms with Crippen molar-refractivity contribution in [1.29, 1.82) is 0 Å². The standard InChI is InChI=1S/C16H31N7/c1-12-15(13(2)23(6)20-12)10-19-16(17-3)18-9-14-11-21(4)7-8-22(14)5/h14H,7-11H2,1-6H3,(H2,17,18,19). The van der Waals surface area contributed by atoms with Gasteiger partial charge in [-0.05, 0) is 27.9 Å². The number of guanidine groups is 1. The second-order valence-electron chi connectivity index (χ2n) is 6.48. The van der Waals surface area contributed by atoms with Crippen LogP contribution in [0.3, 0.4) is 0 Å². The number of likely N-dealkylation sites (N-methyl/N-ethyl adjacent to an activating group) is 2. The Labute approximate surface area is 139 Å². The summed E-state index contributed by atoms with van der Waals surface area (Å²) >= 11 is 0. The smallest absolute Gasteiger partial charge is 0.191 e. The summed E-state index contributed by atoms with van der Waals surface area (Å²) in [6.07, 6.45) is 0. The molecule has 1 unspecified atom stereocenters. The van der Waals surface area contributed by atoms with Gasteiger partial charge < -0.3 is 15.5 Å². The van der Waals surface area contributed by atoms with E-state index < -0.39 is 0 Å². The van der Waals surface area contributed by atoms with Gasteiger partial charge in [0.2, 0.25) is 0 Å². The average molecular weight is 321 g/mol. The van der Waals surface area contributed by atoms with E-state index in [-0.39, 0.29) is 0 Å². The first kappa shape index (κ1) is 17.7. The van der Waals surface area contributed by atoms with Crippen molar-refractivity contribution in [2.75, 3.05) is 47.3 Å². The lowest BCUT2D eigenvalue weighted by molar-refractivity contribution is 0.116. The fourth-order valence-corrected chi connectivity index (χ4v) is 3.00. The lowest BCUT2D eigenvalue weighted by Crippen LogP contribution is -2.55. The van der Waals surface area contributed by atoms with Crippen LogP contribution in [-0.2, 0) is 13.6 Å². The number of aromatic nitrogens is 2.